The largest absolute Gasteiger partial charge is 0.477 e. The van der Waals surface area contributed by atoms with Crippen LogP contribution < -0.4 is 15.2 Å². The van der Waals surface area contributed by atoms with Gasteiger partial charge in [0.25, 0.3) is 0 Å². The number of hydrogen-bond acceptors (Lipinski definition) is 5. The Morgan fingerprint density at radius 1 is 1.22 bits per heavy atom. The molecule has 5 heteroatoms. The molecule has 5 nitrogen and oxygen atoms in total. The van der Waals surface area contributed by atoms with Gasteiger partial charge in [0.15, 0.2) is 0 Å². The maximum Gasteiger partial charge on any atom is 0.241 e. The lowest BCUT2D eigenvalue weighted by atomic mass is 10.2. The van der Waals surface area contributed by atoms with E-state index in [0.29, 0.717) is 30.7 Å². The zero-order valence-electron chi connectivity index (χ0n) is 10.2. The molecular formula is C13H15N3O2. The van der Waals surface area contributed by atoms with E-state index in [1.165, 1.54) is 6.20 Å². The molecule has 0 aliphatic heterocycles. The average Bonchev–Trinajstić information content (AvgIpc) is 2.40. The summed E-state index contributed by atoms with van der Waals surface area (Å²) >= 11 is 0. The average molecular weight is 245 g/mol. The maximum atomic E-state index is 5.60. The minimum Gasteiger partial charge on any atom is -0.477 e. The topological polar surface area (TPSA) is 70.3 Å². The van der Waals surface area contributed by atoms with Gasteiger partial charge >= 0.3 is 0 Å². The van der Waals surface area contributed by atoms with E-state index in [-0.39, 0.29) is 0 Å². The van der Waals surface area contributed by atoms with E-state index < -0.39 is 0 Å². The molecule has 0 aliphatic carbocycles. The Hall–Kier alpha value is -2.14. The zero-order chi connectivity index (χ0) is 12.8. The highest BCUT2D eigenvalue weighted by molar-refractivity contribution is 5.31. The molecule has 0 bridgehead atoms. The fourth-order valence-corrected chi connectivity index (χ4v) is 1.45. The Kier molecular flexibility index (Phi) is 4.09. The van der Waals surface area contributed by atoms with Gasteiger partial charge in [-0.05, 0) is 24.6 Å². The molecule has 0 saturated heterocycles. The molecule has 0 amide bonds. The molecule has 2 aromatic rings. The lowest BCUT2D eigenvalue weighted by Gasteiger charge is -2.07. The Balaban J connectivity index is 2.14. The number of aromatic nitrogens is 2. The highest BCUT2D eigenvalue weighted by Gasteiger charge is 2.02. The van der Waals surface area contributed by atoms with Gasteiger partial charge in [-0.1, -0.05) is 12.1 Å². The van der Waals surface area contributed by atoms with Crippen molar-refractivity contribution in [3.05, 3.63) is 42.2 Å². The first-order valence-electron chi connectivity index (χ1n) is 5.73. The highest BCUT2D eigenvalue weighted by atomic mass is 16.5. The van der Waals surface area contributed by atoms with E-state index in [0.717, 1.165) is 5.56 Å². The van der Waals surface area contributed by atoms with Crippen molar-refractivity contribution in [3.63, 3.8) is 0 Å². The maximum absolute atomic E-state index is 5.60. The zero-order valence-corrected chi connectivity index (χ0v) is 10.2. The molecule has 1 heterocycles. The number of hydrogen-bond donors (Lipinski definition) is 1. The first kappa shape index (κ1) is 12.3. The molecule has 18 heavy (non-hydrogen) atoms. The minimum absolute atomic E-state index is 0.398. The smallest absolute Gasteiger partial charge is 0.241 e. The Labute approximate surface area is 106 Å². The van der Waals surface area contributed by atoms with Crippen molar-refractivity contribution in [2.75, 3.05) is 6.61 Å². The van der Waals surface area contributed by atoms with Crippen LogP contribution in [0, 0.1) is 0 Å². The van der Waals surface area contributed by atoms with Crippen LogP contribution in [0.2, 0.25) is 0 Å². The van der Waals surface area contributed by atoms with Crippen LogP contribution >= 0.6 is 0 Å². The second-order valence-electron chi connectivity index (χ2n) is 3.58. The summed E-state index contributed by atoms with van der Waals surface area (Å²) in [5.74, 6) is 1.53. The van der Waals surface area contributed by atoms with E-state index in [4.69, 9.17) is 15.2 Å². The van der Waals surface area contributed by atoms with E-state index in [9.17, 15) is 0 Å². The molecule has 0 saturated carbocycles. The molecule has 0 aliphatic rings. The van der Waals surface area contributed by atoms with Crippen molar-refractivity contribution in [2.45, 2.75) is 13.5 Å². The summed E-state index contributed by atoms with van der Waals surface area (Å²) in [6.07, 6.45) is 3.09. The molecule has 1 aromatic carbocycles. The van der Waals surface area contributed by atoms with Crippen molar-refractivity contribution in [2.24, 2.45) is 5.73 Å². The van der Waals surface area contributed by atoms with E-state index in [1.54, 1.807) is 6.20 Å². The third-order valence-electron chi connectivity index (χ3n) is 2.24. The standard InChI is InChI=1S/C13H15N3O2/c1-2-17-12-8-15-9-13(16-12)18-11-5-3-4-10(6-11)7-14/h3-6,8-9H,2,7,14H2,1H3. The molecular weight excluding hydrogens is 230 g/mol. The molecule has 2 N–H and O–H groups in total. The number of nitrogens with zero attached hydrogens (tertiary/aromatic N) is 2. The first-order valence-corrected chi connectivity index (χ1v) is 5.73. The summed E-state index contributed by atoms with van der Waals surface area (Å²) in [7, 11) is 0. The molecule has 0 atom stereocenters. The third-order valence-corrected chi connectivity index (χ3v) is 2.24. The van der Waals surface area contributed by atoms with Crippen LogP contribution in [0.1, 0.15) is 12.5 Å². The van der Waals surface area contributed by atoms with Crippen molar-refractivity contribution in [1.82, 2.24) is 9.97 Å². The van der Waals surface area contributed by atoms with Crippen molar-refractivity contribution in [1.29, 1.82) is 0 Å². The lowest BCUT2D eigenvalue weighted by Crippen LogP contribution is -1.98. The normalized spacial score (nSPS) is 10.1. The van der Waals surface area contributed by atoms with E-state index in [1.807, 2.05) is 31.2 Å². The van der Waals surface area contributed by atoms with Gasteiger partial charge in [-0.2, -0.15) is 4.98 Å². The lowest BCUT2D eigenvalue weighted by molar-refractivity contribution is 0.318. The summed E-state index contributed by atoms with van der Waals surface area (Å²) in [5.41, 5.74) is 6.57. The van der Waals surface area contributed by atoms with Crippen LogP contribution in [0.3, 0.4) is 0 Å². The monoisotopic (exact) mass is 245 g/mol. The Morgan fingerprint density at radius 2 is 2.06 bits per heavy atom. The summed E-state index contributed by atoms with van der Waals surface area (Å²) in [6, 6.07) is 7.54. The molecule has 0 radical (unpaired) electrons. The number of ether oxygens (including phenoxy) is 2. The fraction of sp³-hybridized carbons (Fsp3) is 0.231. The SMILES string of the molecule is CCOc1cncc(Oc2cccc(CN)c2)n1. The highest BCUT2D eigenvalue weighted by Crippen LogP contribution is 2.21. The van der Waals surface area contributed by atoms with Gasteiger partial charge in [0.2, 0.25) is 11.8 Å². The van der Waals surface area contributed by atoms with Gasteiger partial charge in [-0.3, -0.25) is 4.98 Å². The molecule has 94 valence electrons. The van der Waals surface area contributed by atoms with Gasteiger partial charge in [-0.15, -0.1) is 0 Å². The van der Waals surface area contributed by atoms with Gasteiger partial charge in [0.05, 0.1) is 19.0 Å². The molecule has 0 fully saturated rings. The number of rotatable bonds is 5. The Morgan fingerprint density at radius 3 is 2.83 bits per heavy atom. The number of nitrogens with two attached hydrogens (primary N) is 1. The van der Waals surface area contributed by atoms with Crippen LogP contribution in [0.15, 0.2) is 36.7 Å². The van der Waals surface area contributed by atoms with Crippen molar-refractivity contribution < 1.29 is 9.47 Å². The molecule has 0 unspecified atom stereocenters. The van der Waals surface area contributed by atoms with E-state index in [2.05, 4.69) is 9.97 Å². The summed E-state index contributed by atoms with van der Waals surface area (Å²) < 4.78 is 10.9. The summed E-state index contributed by atoms with van der Waals surface area (Å²) in [4.78, 5) is 8.18. The molecule has 2 rings (SSSR count). The van der Waals surface area contributed by atoms with Crippen molar-refractivity contribution in [3.8, 4) is 17.5 Å². The Bertz CT molecular complexity index is 517. The quantitative estimate of drug-likeness (QED) is 0.873. The third kappa shape index (κ3) is 3.18. The first-order chi connectivity index (χ1) is 8.81. The molecule has 1 aromatic heterocycles. The summed E-state index contributed by atoms with van der Waals surface area (Å²) in [5, 5.41) is 0. The van der Waals surface area contributed by atoms with Crippen molar-refractivity contribution >= 4 is 0 Å². The van der Waals surface area contributed by atoms with Gasteiger partial charge < -0.3 is 15.2 Å². The summed E-state index contributed by atoms with van der Waals surface area (Å²) in [6.45, 7) is 2.91. The fourth-order valence-electron chi connectivity index (χ4n) is 1.45. The number of benzene rings is 1. The predicted octanol–water partition coefficient (Wildman–Crippen LogP) is 2.13. The van der Waals surface area contributed by atoms with Crippen LogP contribution in [0.4, 0.5) is 0 Å². The molecule has 0 spiro atoms. The predicted molar refractivity (Wildman–Crippen MR) is 67.6 cm³/mol. The van der Waals surface area contributed by atoms with Gasteiger partial charge in [-0.25, -0.2) is 0 Å². The van der Waals surface area contributed by atoms with Crippen LogP contribution in [0.25, 0.3) is 0 Å². The van der Waals surface area contributed by atoms with Gasteiger partial charge in [0.1, 0.15) is 5.75 Å². The van der Waals surface area contributed by atoms with Crippen LogP contribution in [-0.2, 0) is 6.54 Å². The van der Waals surface area contributed by atoms with Crippen LogP contribution in [0.5, 0.6) is 17.5 Å². The van der Waals surface area contributed by atoms with Crippen LogP contribution in [-0.4, -0.2) is 16.6 Å². The minimum atomic E-state index is 0.398. The second kappa shape index (κ2) is 5.97. The second-order valence-corrected chi connectivity index (χ2v) is 3.58. The van der Waals surface area contributed by atoms with E-state index >= 15 is 0 Å². The van der Waals surface area contributed by atoms with Gasteiger partial charge in [0, 0.05) is 6.54 Å².